The van der Waals surface area contributed by atoms with Crippen LogP contribution >= 0.6 is 11.8 Å². The van der Waals surface area contributed by atoms with E-state index in [4.69, 9.17) is 4.74 Å². The Morgan fingerprint density at radius 1 is 1.19 bits per heavy atom. The molecule has 0 radical (unpaired) electrons. The summed E-state index contributed by atoms with van der Waals surface area (Å²) >= 11 is 1.26. The van der Waals surface area contributed by atoms with Crippen LogP contribution in [0.25, 0.3) is 0 Å². The van der Waals surface area contributed by atoms with Gasteiger partial charge in [0.1, 0.15) is 5.03 Å². The topological polar surface area (TPSA) is 68.3 Å². The highest BCUT2D eigenvalue weighted by molar-refractivity contribution is 7.98. The first kappa shape index (κ1) is 19.8. The fraction of sp³-hybridized carbons (Fsp3) is 0.235. The molecule has 2 rings (SSSR count). The van der Waals surface area contributed by atoms with Crippen molar-refractivity contribution in [3.05, 3.63) is 53.7 Å². The van der Waals surface area contributed by atoms with Crippen LogP contribution in [0.1, 0.15) is 22.8 Å². The number of anilines is 1. The van der Waals surface area contributed by atoms with Crippen LogP contribution in [0, 0.1) is 0 Å². The molecule has 0 saturated carbocycles. The van der Waals surface area contributed by atoms with Crippen molar-refractivity contribution in [3.63, 3.8) is 0 Å². The van der Waals surface area contributed by atoms with Gasteiger partial charge in [-0.1, -0.05) is 0 Å². The number of carbonyl (C=O) groups excluding carboxylic acids is 2. The van der Waals surface area contributed by atoms with Gasteiger partial charge < -0.3 is 10.1 Å². The number of esters is 1. The van der Waals surface area contributed by atoms with Crippen molar-refractivity contribution in [2.24, 2.45) is 0 Å². The van der Waals surface area contributed by atoms with E-state index in [2.05, 4.69) is 10.3 Å². The second-order valence-corrected chi connectivity index (χ2v) is 5.97. The van der Waals surface area contributed by atoms with Crippen LogP contribution in [0.5, 0.6) is 0 Å². The van der Waals surface area contributed by atoms with Gasteiger partial charge in [0.25, 0.3) is 5.91 Å². The number of amides is 1. The summed E-state index contributed by atoms with van der Waals surface area (Å²) in [4.78, 5) is 28.3. The number of carbonyl (C=O) groups is 2. The number of nitrogens with one attached hydrogen (secondary N) is 1. The molecular formula is C17H15F3N2O3S. The van der Waals surface area contributed by atoms with Crippen LogP contribution < -0.4 is 5.32 Å². The van der Waals surface area contributed by atoms with Crippen LogP contribution in [0.2, 0.25) is 0 Å². The van der Waals surface area contributed by atoms with Gasteiger partial charge in [-0.05, 0) is 49.6 Å². The first-order valence-corrected chi connectivity index (χ1v) is 8.63. The summed E-state index contributed by atoms with van der Waals surface area (Å²) in [5, 5.41) is 2.87. The summed E-state index contributed by atoms with van der Waals surface area (Å²) in [6, 6.07) is 7.06. The maximum Gasteiger partial charge on any atom is 0.416 e. The number of nitrogens with zero attached hydrogens (tertiary/aromatic N) is 1. The lowest BCUT2D eigenvalue weighted by molar-refractivity contribution is -0.137. The average Bonchev–Trinajstić information content (AvgIpc) is 2.61. The SMILES string of the molecule is CSc1ncccc1C(=O)O[C@H](C)C(=O)Nc1ccc(C(F)(F)F)cc1. The quantitative estimate of drug-likeness (QED) is 0.623. The van der Waals surface area contributed by atoms with Crippen molar-refractivity contribution in [1.82, 2.24) is 4.98 Å². The maximum absolute atomic E-state index is 12.5. The van der Waals surface area contributed by atoms with Crippen LogP contribution in [-0.2, 0) is 15.7 Å². The van der Waals surface area contributed by atoms with Gasteiger partial charge >= 0.3 is 12.1 Å². The number of ether oxygens (including phenoxy) is 1. The van der Waals surface area contributed by atoms with E-state index in [9.17, 15) is 22.8 Å². The summed E-state index contributed by atoms with van der Waals surface area (Å²) in [7, 11) is 0. The third-order valence-electron chi connectivity index (χ3n) is 3.32. The molecule has 0 bridgehead atoms. The van der Waals surface area contributed by atoms with Gasteiger partial charge in [-0.2, -0.15) is 13.2 Å². The Bertz CT molecular complexity index is 795. The van der Waals surface area contributed by atoms with Crippen molar-refractivity contribution in [2.75, 3.05) is 11.6 Å². The van der Waals surface area contributed by atoms with Crippen molar-refractivity contribution in [3.8, 4) is 0 Å². The number of halogens is 3. The number of hydrogen-bond acceptors (Lipinski definition) is 5. The molecule has 1 amide bonds. The van der Waals surface area contributed by atoms with Gasteiger partial charge in [0.2, 0.25) is 0 Å². The normalized spacial score (nSPS) is 12.3. The third-order valence-corrected chi connectivity index (χ3v) is 4.03. The van der Waals surface area contributed by atoms with Crippen molar-refractivity contribution >= 4 is 29.3 Å². The molecule has 1 atom stereocenters. The molecule has 0 unspecified atom stereocenters. The van der Waals surface area contributed by atoms with E-state index in [1.54, 1.807) is 12.3 Å². The zero-order chi connectivity index (χ0) is 19.3. The Balaban J connectivity index is 2.00. The summed E-state index contributed by atoms with van der Waals surface area (Å²) in [6.07, 6.45) is -2.31. The summed E-state index contributed by atoms with van der Waals surface area (Å²) < 4.78 is 42.7. The molecule has 1 aromatic heterocycles. The Labute approximate surface area is 152 Å². The standard InChI is InChI=1S/C17H15F3N2O3S/c1-10(25-16(24)13-4-3-9-21-15(13)26-2)14(23)22-12-7-5-11(6-8-12)17(18,19)20/h3-10H,1-2H3,(H,22,23)/t10-/m1/s1. The molecule has 138 valence electrons. The summed E-state index contributed by atoms with van der Waals surface area (Å²) in [5.74, 6) is -1.37. The lowest BCUT2D eigenvalue weighted by Gasteiger charge is -2.15. The number of benzene rings is 1. The molecule has 1 N–H and O–H groups in total. The zero-order valence-corrected chi connectivity index (χ0v) is 14.6. The Kier molecular flexibility index (Phi) is 6.25. The zero-order valence-electron chi connectivity index (χ0n) is 13.8. The second-order valence-electron chi connectivity index (χ2n) is 5.17. The molecule has 2 aromatic rings. The first-order valence-electron chi connectivity index (χ1n) is 7.40. The van der Waals surface area contributed by atoms with Crippen molar-refractivity contribution < 1.29 is 27.5 Å². The average molecular weight is 384 g/mol. The summed E-state index contributed by atoms with van der Waals surface area (Å²) in [5.41, 5.74) is -0.428. The molecule has 0 saturated heterocycles. The predicted molar refractivity (Wildman–Crippen MR) is 91.0 cm³/mol. The molecule has 0 aliphatic heterocycles. The molecular weight excluding hydrogens is 369 g/mol. The fourth-order valence-electron chi connectivity index (χ4n) is 1.97. The van der Waals surface area contributed by atoms with E-state index in [1.807, 2.05) is 0 Å². The molecule has 5 nitrogen and oxygen atoms in total. The van der Waals surface area contributed by atoms with Crippen LogP contribution in [-0.4, -0.2) is 29.2 Å². The van der Waals surface area contributed by atoms with Crippen LogP contribution in [0.15, 0.2) is 47.6 Å². The Morgan fingerprint density at radius 3 is 2.42 bits per heavy atom. The number of pyridine rings is 1. The minimum atomic E-state index is -4.45. The minimum absolute atomic E-state index is 0.164. The van der Waals surface area contributed by atoms with Gasteiger partial charge in [0.15, 0.2) is 6.10 Å². The number of hydrogen-bond donors (Lipinski definition) is 1. The monoisotopic (exact) mass is 384 g/mol. The largest absolute Gasteiger partial charge is 0.449 e. The van der Waals surface area contributed by atoms with Gasteiger partial charge in [-0.25, -0.2) is 9.78 Å². The van der Waals surface area contributed by atoms with E-state index in [1.165, 1.54) is 30.9 Å². The second kappa shape index (κ2) is 8.22. The lowest BCUT2D eigenvalue weighted by atomic mass is 10.2. The Morgan fingerprint density at radius 2 is 1.85 bits per heavy atom. The van der Waals surface area contributed by atoms with Gasteiger partial charge in [-0.3, -0.25) is 4.79 Å². The lowest BCUT2D eigenvalue weighted by Crippen LogP contribution is -2.30. The molecule has 0 aliphatic carbocycles. The van der Waals surface area contributed by atoms with E-state index in [0.717, 1.165) is 24.3 Å². The minimum Gasteiger partial charge on any atom is -0.449 e. The summed E-state index contributed by atoms with van der Waals surface area (Å²) in [6.45, 7) is 1.37. The number of alkyl halides is 3. The third kappa shape index (κ3) is 4.98. The van der Waals surface area contributed by atoms with E-state index in [0.29, 0.717) is 5.03 Å². The first-order chi connectivity index (χ1) is 12.2. The van der Waals surface area contributed by atoms with Crippen molar-refractivity contribution in [2.45, 2.75) is 24.2 Å². The molecule has 0 spiro atoms. The Hall–Kier alpha value is -2.55. The smallest absolute Gasteiger partial charge is 0.416 e. The highest BCUT2D eigenvalue weighted by Crippen LogP contribution is 2.29. The van der Waals surface area contributed by atoms with Crippen molar-refractivity contribution in [1.29, 1.82) is 0 Å². The van der Waals surface area contributed by atoms with E-state index >= 15 is 0 Å². The predicted octanol–water partition coefficient (Wildman–Crippen LogP) is 4.01. The highest BCUT2D eigenvalue weighted by Gasteiger charge is 2.30. The number of rotatable bonds is 5. The molecule has 1 heterocycles. The van der Waals surface area contributed by atoms with Gasteiger partial charge in [-0.15, -0.1) is 11.8 Å². The van der Waals surface area contributed by atoms with Crippen LogP contribution in [0.3, 0.4) is 0 Å². The number of thioether (sulfide) groups is 1. The molecule has 1 aromatic carbocycles. The highest BCUT2D eigenvalue weighted by atomic mass is 32.2. The van der Waals surface area contributed by atoms with Gasteiger partial charge in [0.05, 0.1) is 11.1 Å². The maximum atomic E-state index is 12.5. The molecule has 26 heavy (non-hydrogen) atoms. The molecule has 0 fully saturated rings. The molecule has 0 aliphatic rings. The number of aromatic nitrogens is 1. The van der Waals surface area contributed by atoms with Gasteiger partial charge in [0, 0.05) is 11.9 Å². The fourth-order valence-corrected chi connectivity index (χ4v) is 2.51. The van der Waals surface area contributed by atoms with Crippen LogP contribution in [0.4, 0.5) is 18.9 Å². The van der Waals surface area contributed by atoms with E-state index in [-0.39, 0.29) is 11.3 Å². The van der Waals surface area contributed by atoms with E-state index < -0.39 is 29.7 Å². The molecule has 9 heteroatoms.